The Balaban J connectivity index is 3.24. The quantitative estimate of drug-likeness (QED) is 0.762. The molecule has 0 aromatic heterocycles. The Labute approximate surface area is 95.0 Å². The standard InChI is InChI=1S/C10H10BrF2NO/c1-3-14(2)10(15)8-6(12)4-5-7(13)9(8)11/h4-5H,3H2,1-2H3. The van der Waals surface area contributed by atoms with Crippen LogP contribution in [0.1, 0.15) is 17.3 Å². The topological polar surface area (TPSA) is 20.3 Å². The third-order valence-electron chi connectivity index (χ3n) is 2.08. The van der Waals surface area contributed by atoms with Crippen LogP contribution in [0, 0.1) is 11.6 Å². The lowest BCUT2D eigenvalue weighted by atomic mass is 10.2. The van der Waals surface area contributed by atoms with Crippen LogP contribution in [-0.4, -0.2) is 24.4 Å². The molecule has 0 bridgehead atoms. The van der Waals surface area contributed by atoms with Crippen LogP contribution in [0.15, 0.2) is 16.6 Å². The molecule has 0 aliphatic rings. The monoisotopic (exact) mass is 277 g/mol. The SMILES string of the molecule is CCN(C)C(=O)c1c(F)ccc(F)c1Br. The highest BCUT2D eigenvalue weighted by Crippen LogP contribution is 2.24. The van der Waals surface area contributed by atoms with Gasteiger partial charge < -0.3 is 4.90 Å². The van der Waals surface area contributed by atoms with E-state index in [0.717, 1.165) is 12.1 Å². The molecule has 0 radical (unpaired) electrons. The van der Waals surface area contributed by atoms with E-state index in [9.17, 15) is 13.6 Å². The van der Waals surface area contributed by atoms with E-state index in [1.165, 1.54) is 11.9 Å². The number of benzene rings is 1. The molecule has 0 spiro atoms. The molecule has 15 heavy (non-hydrogen) atoms. The fourth-order valence-electron chi connectivity index (χ4n) is 1.06. The average molecular weight is 278 g/mol. The van der Waals surface area contributed by atoms with Gasteiger partial charge in [-0.05, 0) is 35.0 Å². The second kappa shape index (κ2) is 4.70. The first-order valence-electron chi connectivity index (χ1n) is 4.38. The molecule has 0 N–H and O–H groups in total. The molecule has 0 atom stereocenters. The zero-order valence-electron chi connectivity index (χ0n) is 8.35. The van der Waals surface area contributed by atoms with E-state index in [1.807, 2.05) is 0 Å². The molecule has 0 aliphatic heterocycles. The molecule has 2 nitrogen and oxygen atoms in total. The van der Waals surface area contributed by atoms with Gasteiger partial charge in [-0.1, -0.05) is 0 Å². The van der Waals surface area contributed by atoms with Crippen molar-refractivity contribution in [3.8, 4) is 0 Å². The first-order chi connectivity index (χ1) is 6.99. The van der Waals surface area contributed by atoms with Gasteiger partial charge in [0.1, 0.15) is 11.6 Å². The van der Waals surface area contributed by atoms with Crippen molar-refractivity contribution in [2.24, 2.45) is 0 Å². The zero-order chi connectivity index (χ0) is 11.6. The minimum atomic E-state index is -0.728. The number of nitrogens with zero attached hydrogens (tertiary/aromatic N) is 1. The maximum Gasteiger partial charge on any atom is 0.257 e. The van der Waals surface area contributed by atoms with Crippen molar-refractivity contribution in [1.82, 2.24) is 4.90 Å². The normalized spacial score (nSPS) is 10.2. The van der Waals surface area contributed by atoms with E-state index < -0.39 is 17.5 Å². The number of carbonyl (C=O) groups excluding carboxylic acids is 1. The van der Waals surface area contributed by atoms with Crippen molar-refractivity contribution < 1.29 is 13.6 Å². The van der Waals surface area contributed by atoms with Crippen LogP contribution in [0.4, 0.5) is 8.78 Å². The summed E-state index contributed by atoms with van der Waals surface area (Å²) in [4.78, 5) is 13.0. The molecule has 1 aromatic carbocycles. The lowest BCUT2D eigenvalue weighted by Crippen LogP contribution is -2.27. The molecule has 0 saturated heterocycles. The van der Waals surface area contributed by atoms with Gasteiger partial charge in [-0.2, -0.15) is 0 Å². The molecule has 1 rings (SSSR count). The highest BCUT2D eigenvalue weighted by atomic mass is 79.9. The molecule has 1 amide bonds. The summed E-state index contributed by atoms with van der Waals surface area (Å²) in [5.41, 5.74) is -0.264. The predicted octanol–water partition coefficient (Wildman–Crippen LogP) is 2.82. The van der Waals surface area contributed by atoms with E-state index in [2.05, 4.69) is 15.9 Å². The van der Waals surface area contributed by atoms with Gasteiger partial charge in [-0.15, -0.1) is 0 Å². The maximum absolute atomic E-state index is 13.3. The molecule has 5 heteroatoms. The van der Waals surface area contributed by atoms with Crippen LogP contribution in [0.5, 0.6) is 0 Å². The number of amides is 1. The summed E-state index contributed by atoms with van der Waals surface area (Å²) in [6, 6.07) is 1.92. The number of hydrogen-bond acceptors (Lipinski definition) is 1. The molecule has 0 fully saturated rings. The van der Waals surface area contributed by atoms with Crippen LogP contribution in [0.3, 0.4) is 0 Å². The van der Waals surface area contributed by atoms with E-state index in [0.29, 0.717) is 6.54 Å². The van der Waals surface area contributed by atoms with Crippen LogP contribution in [0.25, 0.3) is 0 Å². The smallest absolute Gasteiger partial charge is 0.257 e. The predicted molar refractivity (Wildman–Crippen MR) is 56.7 cm³/mol. The maximum atomic E-state index is 13.3. The van der Waals surface area contributed by atoms with Crippen LogP contribution in [-0.2, 0) is 0 Å². The van der Waals surface area contributed by atoms with Crippen LogP contribution < -0.4 is 0 Å². The summed E-state index contributed by atoms with van der Waals surface area (Å²) in [6.45, 7) is 2.18. The molecule has 1 aromatic rings. The minimum Gasteiger partial charge on any atom is -0.342 e. The number of hydrogen-bond donors (Lipinski definition) is 0. The van der Waals surface area contributed by atoms with Crippen molar-refractivity contribution in [2.45, 2.75) is 6.92 Å². The summed E-state index contributed by atoms with van der Waals surface area (Å²) in [5.74, 6) is -1.92. The Kier molecular flexibility index (Phi) is 3.79. The van der Waals surface area contributed by atoms with Gasteiger partial charge in [0.15, 0.2) is 0 Å². The third-order valence-corrected chi connectivity index (χ3v) is 2.85. The lowest BCUT2D eigenvalue weighted by Gasteiger charge is -2.16. The van der Waals surface area contributed by atoms with Crippen molar-refractivity contribution in [3.05, 3.63) is 33.8 Å². The van der Waals surface area contributed by atoms with Gasteiger partial charge in [-0.3, -0.25) is 4.79 Å². The van der Waals surface area contributed by atoms with E-state index in [-0.39, 0.29) is 10.0 Å². The van der Waals surface area contributed by atoms with E-state index in [1.54, 1.807) is 6.92 Å². The third kappa shape index (κ3) is 2.34. The number of rotatable bonds is 2. The summed E-state index contributed by atoms with van der Waals surface area (Å²) < 4.78 is 26.3. The van der Waals surface area contributed by atoms with Gasteiger partial charge in [0, 0.05) is 13.6 Å². The van der Waals surface area contributed by atoms with Gasteiger partial charge in [0.2, 0.25) is 0 Å². The van der Waals surface area contributed by atoms with Gasteiger partial charge in [0.05, 0.1) is 10.0 Å². The van der Waals surface area contributed by atoms with Crippen LogP contribution in [0.2, 0.25) is 0 Å². The van der Waals surface area contributed by atoms with Crippen molar-refractivity contribution in [3.63, 3.8) is 0 Å². The molecular weight excluding hydrogens is 268 g/mol. The van der Waals surface area contributed by atoms with Gasteiger partial charge in [-0.25, -0.2) is 8.78 Å². The largest absolute Gasteiger partial charge is 0.342 e. The summed E-state index contributed by atoms with van der Waals surface area (Å²) >= 11 is 2.87. The van der Waals surface area contributed by atoms with Gasteiger partial charge in [0.25, 0.3) is 5.91 Å². The van der Waals surface area contributed by atoms with Crippen molar-refractivity contribution >= 4 is 21.8 Å². The second-order valence-electron chi connectivity index (χ2n) is 3.04. The lowest BCUT2D eigenvalue weighted by molar-refractivity contribution is 0.0796. The van der Waals surface area contributed by atoms with E-state index in [4.69, 9.17) is 0 Å². The molecule has 0 aliphatic carbocycles. The molecule has 0 heterocycles. The first kappa shape index (κ1) is 12.1. The molecule has 82 valence electrons. The Morgan fingerprint density at radius 3 is 2.47 bits per heavy atom. The second-order valence-corrected chi connectivity index (χ2v) is 3.83. The summed E-state index contributed by atoms with van der Waals surface area (Å²) in [7, 11) is 1.53. The number of carbonyl (C=O) groups is 1. The number of halogens is 3. The highest BCUT2D eigenvalue weighted by Gasteiger charge is 2.20. The Hall–Kier alpha value is -0.970. The molecular formula is C10H10BrF2NO. The first-order valence-corrected chi connectivity index (χ1v) is 5.17. The highest BCUT2D eigenvalue weighted by molar-refractivity contribution is 9.10. The van der Waals surface area contributed by atoms with Crippen molar-refractivity contribution in [2.75, 3.05) is 13.6 Å². The minimum absolute atomic E-state index is 0.132. The van der Waals surface area contributed by atoms with Gasteiger partial charge >= 0.3 is 0 Å². The van der Waals surface area contributed by atoms with Crippen molar-refractivity contribution in [1.29, 1.82) is 0 Å². The molecule has 0 unspecified atom stereocenters. The van der Waals surface area contributed by atoms with E-state index >= 15 is 0 Å². The zero-order valence-corrected chi connectivity index (χ0v) is 9.94. The average Bonchev–Trinajstić information content (AvgIpc) is 2.22. The summed E-state index contributed by atoms with van der Waals surface area (Å²) in [6.07, 6.45) is 0. The molecule has 0 saturated carbocycles. The Morgan fingerprint density at radius 1 is 1.40 bits per heavy atom. The Bertz CT molecular complexity index is 395. The fourth-order valence-corrected chi connectivity index (χ4v) is 1.55. The fraction of sp³-hybridized carbons (Fsp3) is 0.300. The summed E-state index contributed by atoms with van der Waals surface area (Å²) in [5, 5.41) is 0. The van der Waals surface area contributed by atoms with Crippen LogP contribution >= 0.6 is 15.9 Å². The Morgan fingerprint density at radius 2 is 1.93 bits per heavy atom.